The molecule has 84 valence electrons. The molecule has 0 aliphatic carbocycles. The Hall–Kier alpha value is -0.320. The summed E-state index contributed by atoms with van der Waals surface area (Å²) >= 11 is 3.34. The molecule has 1 aliphatic rings. The summed E-state index contributed by atoms with van der Waals surface area (Å²) in [5, 5.41) is 3.41. The predicted molar refractivity (Wildman–Crippen MR) is 63.9 cm³/mol. The molecule has 2 rings (SSSR count). The first-order valence-corrected chi connectivity index (χ1v) is 6.26. The van der Waals surface area contributed by atoms with Gasteiger partial charge in [-0.05, 0) is 48.0 Å². The molecular weight excluding hydrogens is 256 g/mol. The Bertz CT molecular complexity index is 305. The van der Waals surface area contributed by atoms with Gasteiger partial charge >= 0.3 is 0 Å². The van der Waals surface area contributed by atoms with Crippen LogP contribution in [-0.2, 0) is 0 Å². The lowest BCUT2D eigenvalue weighted by atomic mass is 10.2. The van der Waals surface area contributed by atoms with Gasteiger partial charge in [-0.3, -0.25) is 4.90 Å². The Morgan fingerprint density at radius 3 is 3.00 bits per heavy atom. The average molecular weight is 273 g/mol. The van der Waals surface area contributed by atoms with Gasteiger partial charge in [0.25, 0.3) is 0 Å². The van der Waals surface area contributed by atoms with E-state index in [0.29, 0.717) is 6.04 Å². The number of nitrogens with zero attached hydrogens (tertiary/aromatic N) is 1. The van der Waals surface area contributed by atoms with Crippen molar-refractivity contribution < 1.29 is 4.42 Å². The van der Waals surface area contributed by atoms with Crippen LogP contribution in [0, 0.1) is 0 Å². The second kappa shape index (κ2) is 5.14. The van der Waals surface area contributed by atoms with Gasteiger partial charge in [0.15, 0.2) is 4.67 Å². The molecule has 0 bridgehead atoms. The van der Waals surface area contributed by atoms with Crippen molar-refractivity contribution in [2.75, 3.05) is 26.2 Å². The van der Waals surface area contributed by atoms with Gasteiger partial charge in [-0.25, -0.2) is 0 Å². The van der Waals surface area contributed by atoms with Crippen LogP contribution in [0.4, 0.5) is 0 Å². The summed E-state index contributed by atoms with van der Waals surface area (Å²) in [5.74, 6) is 1.05. The highest BCUT2D eigenvalue weighted by Gasteiger charge is 2.19. The third kappa shape index (κ3) is 2.83. The molecule has 0 spiro atoms. The Kier molecular flexibility index (Phi) is 3.83. The van der Waals surface area contributed by atoms with Gasteiger partial charge in [-0.2, -0.15) is 0 Å². The maximum absolute atomic E-state index is 5.59. The van der Waals surface area contributed by atoms with Gasteiger partial charge in [0.2, 0.25) is 0 Å². The molecule has 1 unspecified atom stereocenters. The van der Waals surface area contributed by atoms with Gasteiger partial charge < -0.3 is 9.73 Å². The van der Waals surface area contributed by atoms with Crippen LogP contribution < -0.4 is 5.32 Å². The minimum Gasteiger partial charge on any atom is -0.453 e. The van der Waals surface area contributed by atoms with Crippen LogP contribution in [0.2, 0.25) is 0 Å². The summed E-state index contributed by atoms with van der Waals surface area (Å²) in [6.07, 6.45) is 1.21. The molecule has 2 heterocycles. The maximum atomic E-state index is 5.59. The average Bonchev–Trinajstić information content (AvgIpc) is 2.53. The van der Waals surface area contributed by atoms with E-state index in [4.69, 9.17) is 4.42 Å². The monoisotopic (exact) mass is 272 g/mol. The van der Waals surface area contributed by atoms with E-state index in [1.807, 2.05) is 12.1 Å². The van der Waals surface area contributed by atoms with Crippen LogP contribution in [0.3, 0.4) is 0 Å². The van der Waals surface area contributed by atoms with E-state index in [1.54, 1.807) is 0 Å². The fourth-order valence-electron chi connectivity index (χ4n) is 1.99. The molecule has 0 aromatic carbocycles. The van der Waals surface area contributed by atoms with E-state index < -0.39 is 0 Å². The first-order chi connectivity index (χ1) is 7.27. The summed E-state index contributed by atoms with van der Waals surface area (Å²) in [4.78, 5) is 2.46. The number of hydrogen-bond donors (Lipinski definition) is 1. The van der Waals surface area contributed by atoms with E-state index in [2.05, 4.69) is 33.1 Å². The van der Waals surface area contributed by atoms with E-state index in [-0.39, 0.29) is 0 Å². The van der Waals surface area contributed by atoms with Crippen LogP contribution in [0.5, 0.6) is 0 Å². The standard InChI is InChI=1S/C11H17BrN2O/c1-9(10-3-4-11(12)15-10)14-7-2-5-13-6-8-14/h3-4,9,13H,2,5-8H2,1H3. The molecule has 1 saturated heterocycles. The zero-order chi connectivity index (χ0) is 10.7. The molecule has 4 heteroatoms. The van der Waals surface area contributed by atoms with Gasteiger partial charge in [-0.1, -0.05) is 0 Å². The molecule has 0 amide bonds. The van der Waals surface area contributed by atoms with E-state index in [0.717, 1.165) is 36.6 Å². The number of rotatable bonds is 2. The van der Waals surface area contributed by atoms with Gasteiger partial charge in [0, 0.05) is 19.6 Å². The van der Waals surface area contributed by atoms with Crippen molar-refractivity contribution in [2.24, 2.45) is 0 Å². The van der Waals surface area contributed by atoms with Gasteiger partial charge in [-0.15, -0.1) is 0 Å². The van der Waals surface area contributed by atoms with Crippen LogP contribution in [-0.4, -0.2) is 31.1 Å². The lowest BCUT2D eigenvalue weighted by Crippen LogP contribution is -2.30. The number of nitrogens with one attached hydrogen (secondary N) is 1. The maximum Gasteiger partial charge on any atom is 0.169 e. The van der Waals surface area contributed by atoms with Crippen molar-refractivity contribution in [3.63, 3.8) is 0 Å². The van der Waals surface area contributed by atoms with Gasteiger partial charge in [0.1, 0.15) is 5.76 Å². The molecular formula is C11H17BrN2O. The zero-order valence-corrected chi connectivity index (χ0v) is 10.6. The quantitative estimate of drug-likeness (QED) is 0.897. The number of halogens is 1. The van der Waals surface area contributed by atoms with Gasteiger partial charge in [0.05, 0.1) is 6.04 Å². The zero-order valence-electron chi connectivity index (χ0n) is 9.00. The molecule has 1 atom stereocenters. The summed E-state index contributed by atoms with van der Waals surface area (Å²) in [5.41, 5.74) is 0. The summed E-state index contributed by atoms with van der Waals surface area (Å²) in [7, 11) is 0. The number of hydrogen-bond acceptors (Lipinski definition) is 3. The summed E-state index contributed by atoms with van der Waals surface area (Å²) in [6.45, 7) is 6.65. The van der Waals surface area contributed by atoms with Crippen LogP contribution in [0.25, 0.3) is 0 Å². The van der Waals surface area contributed by atoms with Crippen LogP contribution >= 0.6 is 15.9 Å². The lowest BCUT2D eigenvalue weighted by Gasteiger charge is -2.25. The van der Waals surface area contributed by atoms with Crippen LogP contribution in [0.15, 0.2) is 21.2 Å². The highest BCUT2D eigenvalue weighted by molar-refractivity contribution is 9.10. The van der Waals surface area contributed by atoms with E-state index >= 15 is 0 Å². The fourth-order valence-corrected chi connectivity index (χ4v) is 2.31. The topological polar surface area (TPSA) is 28.4 Å². The summed E-state index contributed by atoms with van der Waals surface area (Å²) in [6, 6.07) is 4.38. The van der Waals surface area contributed by atoms with Crippen molar-refractivity contribution in [3.05, 3.63) is 22.6 Å². The lowest BCUT2D eigenvalue weighted by molar-refractivity contribution is 0.199. The summed E-state index contributed by atoms with van der Waals surface area (Å²) < 4.78 is 6.41. The normalized spacial score (nSPS) is 21.2. The van der Waals surface area contributed by atoms with Crippen molar-refractivity contribution in [3.8, 4) is 0 Å². The van der Waals surface area contributed by atoms with Crippen molar-refractivity contribution in [1.82, 2.24) is 10.2 Å². The van der Waals surface area contributed by atoms with Crippen molar-refractivity contribution in [2.45, 2.75) is 19.4 Å². The largest absolute Gasteiger partial charge is 0.453 e. The molecule has 3 nitrogen and oxygen atoms in total. The van der Waals surface area contributed by atoms with Crippen molar-refractivity contribution >= 4 is 15.9 Å². The minimum absolute atomic E-state index is 0.371. The molecule has 1 aromatic heterocycles. The first kappa shape index (κ1) is 11.2. The third-order valence-electron chi connectivity index (χ3n) is 2.93. The second-order valence-electron chi connectivity index (χ2n) is 3.96. The highest BCUT2D eigenvalue weighted by Crippen LogP contribution is 2.25. The molecule has 15 heavy (non-hydrogen) atoms. The Morgan fingerprint density at radius 1 is 1.40 bits per heavy atom. The molecule has 1 fully saturated rings. The SMILES string of the molecule is CC(c1ccc(Br)o1)N1CCCNCC1. The van der Waals surface area contributed by atoms with E-state index in [9.17, 15) is 0 Å². The van der Waals surface area contributed by atoms with E-state index in [1.165, 1.54) is 6.42 Å². The molecule has 1 N–H and O–H groups in total. The number of furan rings is 1. The second-order valence-corrected chi connectivity index (χ2v) is 4.74. The molecule has 1 aromatic rings. The third-order valence-corrected chi connectivity index (χ3v) is 3.35. The Labute approximate surface area is 99.0 Å². The molecule has 0 saturated carbocycles. The molecule has 1 aliphatic heterocycles. The predicted octanol–water partition coefficient (Wildman–Crippen LogP) is 2.40. The van der Waals surface area contributed by atoms with Crippen molar-refractivity contribution in [1.29, 1.82) is 0 Å². The first-order valence-electron chi connectivity index (χ1n) is 5.47. The fraction of sp³-hybridized carbons (Fsp3) is 0.636. The molecule has 0 radical (unpaired) electrons. The highest BCUT2D eigenvalue weighted by atomic mass is 79.9. The Morgan fingerprint density at radius 2 is 2.27 bits per heavy atom. The van der Waals surface area contributed by atoms with Crippen LogP contribution in [0.1, 0.15) is 25.1 Å². The Balaban J connectivity index is 2.02. The minimum atomic E-state index is 0.371. The smallest absolute Gasteiger partial charge is 0.169 e.